The molecule has 0 spiro atoms. The summed E-state index contributed by atoms with van der Waals surface area (Å²) in [5.74, 6) is 0.0568. The molecule has 0 saturated heterocycles. The molecule has 28 heavy (non-hydrogen) atoms. The molecule has 1 aromatic carbocycles. The van der Waals surface area contributed by atoms with E-state index in [0.717, 1.165) is 24.8 Å². The van der Waals surface area contributed by atoms with Crippen molar-refractivity contribution >= 4 is 17.5 Å². The van der Waals surface area contributed by atoms with Crippen molar-refractivity contribution in [3.63, 3.8) is 0 Å². The summed E-state index contributed by atoms with van der Waals surface area (Å²) in [4.78, 5) is 29.7. The molecule has 150 valence electrons. The van der Waals surface area contributed by atoms with E-state index in [2.05, 4.69) is 10.3 Å². The molecular formula is C20H24ClN3O4. The first kappa shape index (κ1) is 20.5. The molecule has 2 aromatic rings. The van der Waals surface area contributed by atoms with Crippen LogP contribution in [-0.2, 0) is 22.7 Å². The predicted octanol–water partition coefficient (Wildman–Crippen LogP) is 2.13. The summed E-state index contributed by atoms with van der Waals surface area (Å²) in [6.45, 7) is 2.37. The zero-order valence-electron chi connectivity index (χ0n) is 15.8. The van der Waals surface area contributed by atoms with Crippen LogP contribution in [0.2, 0.25) is 5.02 Å². The van der Waals surface area contributed by atoms with Gasteiger partial charge in [-0.2, -0.15) is 0 Å². The van der Waals surface area contributed by atoms with Crippen LogP contribution in [0.25, 0.3) is 11.3 Å². The summed E-state index contributed by atoms with van der Waals surface area (Å²) < 4.78 is 6.89. The Kier molecular flexibility index (Phi) is 6.49. The van der Waals surface area contributed by atoms with E-state index >= 15 is 0 Å². The molecule has 1 amide bonds. The van der Waals surface area contributed by atoms with Gasteiger partial charge in [0.2, 0.25) is 5.91 Å². The lowest BCUT2D eigenvalue weighted by molar-refractivity contribution is -0.123. The summed E-state index contributed by atoms with van der Waals surface area (Å²) in [6, 6.07) is 8.44. The molecule has 3 rings (SSSR count). The number of amides is 1. The monoisotopic (exact) mass is 405 g/mol. The molecule has 0 bridgehead atoms. The Bertz CT molecular complexity index is 891. The van der Waals surface area contributed by atoms with Crippen LogP contribution in [-0.4, -0.2) is 39.3 Å². The number of benzene rings is 1. The Morgan fingerprint density at radius 1 is 1.36 bits per heavy atom. The Morgan fingerprint density at radius 2 is 2.07 bits per heavy atom. The summed E-state index contributed by atoms with van der Waals surface area (Å²) in [7, 11) is 0. The van der Waals surface area contributed by atoms with Gasteiger partial charge in [0.05, 0.1) is 17.8 Å². The second-order valence-electron chi connectivity index (χ2n) is 7.03. The second kappa shape index (κ2) is 8.86. The minimum Gasteiger partial charge on any atom is -0.394 e. The van der Waals surface area contributed by atoms with Gasteiger partial charge in [-0.05, 0) is 31.4 Å². The molecule has 0 unspecified atom stereocenters. The topological polar surface area (TPSA) is 93.5 Å². The lowest BCUT2D eigenvalue weighted by Crippen LogP contribution is -2.43. The summed E-state index contributed by atoms with van der Waals surface area (Å²) in [5, 5.41) is 12.8. The number of aliphatic hydroxyl groups excluding tert-OH is 1. The highest BCUT2D eigenvalue weighted by Gasteiger charge is 2.43. The number of aromatic nitrogens is 2. The number of nitrogens with one attached hydrogen (secondary N) is 1. The first-order valence-electron chi connectivity index (χ1n) is 9.33. The lowest BCUT2D eigenvalue weighted by atomic mass is 10.1. The van der Waals surface area contributed by atoms with Gasteiger partial charge in [-0.1, -0.05) is 30.7 Å². The van der Waals surface area contributed by atoms with Gasteiger partial charge in [-0.25, -0.2) is 4.98 Å². The summed E-state index contributed by atoms with van der Waals surface area (Å²) >= 11 is 5.93. The van der Waals surface area contributed by atoms with Gasteiger partial charge in [-0.15, -0.1) is 0 Å². The predicted molar refractivity (Wildman–Crippen MR) is 106 cm³/mol. The smallest absolute Gasteiger partial charge is 0.254 e. The number of carbonyl (C=O) groups is 1. The van der Waals surface area contributed by atoms with Gasteiger partial charge in [0.25, 0.3) is 5.56 Å². The van der Waals surface area contributed by atoms with Crippen LogP contribution in [0.15, 0.2) is 35.1 Å². The molecule has 1 aromatic heterocycles. The molecule has 1 fully saturated rings. The molecule has 7 nitrogen and oxygen atoms in total. The van der Waals surface area contributed by atoms with Gasteiger partial charge in [0.1, 0.15) is 19.0 Å². The van der Waals surface area contributed by atoms with Crippen molar-refractivity contribution in [2.75, 3.05) is 13.2 Å². The summed E-state index contributed by atoms with van der Waals surface area (Å²) in [6.07, 6.45) is 2.31. The van der Waals surface area contributed by atoms with Crippen molar-refractivity contribution in [1.82, 2.24) is 14.9 Å². The number of nitrogens with zero attached hydrogens (tertiary/aromatic N) is 2. The molecular weight excluding hydrogens is 382 g/mol. The maximum atomic E-state index is 12.7. The van der Waals surface area contributed by atoms with E-state index in [1.54, 1.807) is 24.3 Å². The molecule has 0 radical (unpaired) electrons. The fourth-order valence-corrected chi connectivity index (χ4v) is 2.99. The van der Waals surface area contributed by atoms with E-state index in [1.165, 1.54) is 10.6 Å². The van der Waals surface area contributed by atoms with Crippen molar-refractivity contribution in [1.29, 1.82) is 0 Å². The van der Waals surface area contributed by atoms with Crippen LogP contribution >= 0.6 is 11.6 Å². The van der Waals surface area contributed by atoms with Crippen LogP contribution in [0.5, 0.6) is 0 Å². The average Bonchev–Trinajstić information content (AvgIpc) is 3.44. The Hall–Kier alpha value is -2.22. The first-order valence-corrected chi connectivity index (χ1v) is 9.70. The van der Waals surface area contributed by atoms with E-state index in [0.29, 0.717) is 23.1 Å². The highest BCUT2D eigenvalue weighted by molar-refractivity contribution is 6.30. The maximum Gasteiger partial charge on any atom is 0.254 e. The molecule has 1 heterocycles. The highest BCUT2D eigenvalue weighted by atomic mass is 35.5. The van der Waals surface area contributed by atoms with Crippen LogP contribution < -0.4 is 10.9 Å². The third kappa shape index (κ3) is 4.98. The summed E-state index contributed by atoms with van der Waals surface area (Å²) in [5.41, 5.74) is 0.393. The standard InChI is InChI=1S/C20H24ClN3O4/c1-2-9-28-12-17-22-16(14-3-5-15(21)6-4-14)10-19(27)24(17)11-18(26)23-20(13-25)7-8-20/h3-6,10,25H,2,7-9,11-13H2,1H3,(H,23,26). The van der Waals surface area contributed by atoms with Crippen LogP contribution in [0.4, 0.5) is 0 Å². The van der Waals surface area contributed by atoms with Gasteiger partial charge in [0, 0.05) is 23.3 Å². The highest BCUT2D eigenvalue weighted by Crippen LogP contribution is 2.34. The molecule has 1 aliphatic rings. The number of hydrogen-bond donors (Lipinski definition) is 2. The Labute approximate surface area is 168 Å². The normalized spacial score (nSPS) is 14.7. The minimum absolute atomic E-state index is 0.103. The number of ether oxygens (including phenoxy) is 1. The average molecular weight is 406 g/mol. The Morgan fingerprint density at radius 3 is 2.68 bits per heavy atom. The number of hydrogen-bond acceptors (Lipinski definition) is 5. The molecule has 1 aliphatic carbocycles. The quantitative estimate of drug-likeness (QED) is 0.623. The molecule has 0 atom stereocenters. The Balaban J connectivity index is 1.87. The fraction of sp³-hybridized carbons (Fsp3) is 0.450. The number of rotatable bonds is 9. The first-order chi connectivity index (χ1) is 13.5. The number of aliphatic hydroxyl groups is 1. The largest absolute Gasteiger partial charge is 0.394 e. The van der Waals surface area contributed by atoms with Gasteiger partial charge in [0.15, 0.2) is 0 Å². The second-order valence-corrected chi connectivity index (χ2v) is 7.46. The van der Waals surface area contributed by atoms with Crippen molar-refractivity contribution in [3.8, 4) is 11.3 Å². The van der Waals surface area contributed by atoms with Gasteiger partial charge < -0.3 is 15.2 Å². The minimum atomic E-state index is -0.532. The molecule has 0 aliphatic heterocycles. The number of halogens is 1. The van der Waals surface area contributed by atoms with Gasteiger partial charge in [-0.3, -0.25) is 14.2 Å². The zero-order chi connectivity index (χ0) is 20.1. The van der Waals surface area contributed by atoms with Crippen molar-refractivity contribution < 1.29 is 14.6 Å². The van der Waals surface area contributed by atoms with E-state index < -0.39 is 5.54 Å². The zero-order valence-corrected chi connectivity index (χ0v) is 16.5. The van der Waals surface area contributed by atoms with Crippen molar-refractivity contribution in [2.45, 2.75) is 44.9 Å². The van der Waals surface area contributed by atoms with Gasteiger partial charge >= 0.3 is 0 Å². The third-order valence-electron chi connectivity index (χ3n) is 4.67. The van der Waals surface area contributed by atoms with E-state index in [1.807, 2.05) is 6.92 Å². The maximum absolute atomic E-state index is 12.7. The van der Waals surface area contributed by atoms with Crippen LogP contribution in [0.1, 0.15) is 32.0 Å². The molecule has 2 N–H and O–H groups in total. The van der Waals surface area contributed by atoms with E-state index in [4.69, 9.17) is 16.3 Å². The molecule has 8 heteroatoms. The van der Waals surface area contributed by atoms with Crippen LogP contribution in [0, 0.1) is 0 Å². The molecule has 1 saturated carbocycles. The van der Waals surface area contributed by atoms with E-state index in [-0.39, 0.29) is 31.2 Å². The SMILES string of the molecule is CCCOCc1nc(-c2ccc(Cl)cc2)cc(=O)n1CC(=O)NC1(CO)CC1. The number of carbonyl (C=O) groups excluding carboxylic acids is 1. The lowest BCUT2D eigenvalue weighted by Gasteiger charge is -2.17. The van der Waals surface area contributed by atoms with Crippen LogP contribution in [0.3, 0.4) is 0 Å². The fourth-order valence-electron chi connectivity index (χ4n) is 2.86. The van der Waals surface area contributed by atoms with E-state index in [9.17, 15) is 14.7 Å². The van der Waals surface area contributed by atoms with Crippen molar-refractivity contribution in [2.24, 2.45) is 0 Å². The third-order valence-corrected chi connectivity index (χ3v) is 4.92. The van der Waals surface area contributed by atoms with Crippen molar-refractivity contribution in [3.05, 3.63) is 51.5 Å².